The van der Waals surface area contributed by atoms with E-state index in [1.165, 1.54) is 13.2 Å². The van der Waals surface area contributed by atoms with Crippen LogP contribution in [-0.4, -0.2) is 52.3 Å². The number of carbonyl (C=O) groups excluding carboxylic acids is 1. The molecule has 0 aliphatic heterocycles. The summed E-state index contributed by atoms with van der Waals surface area (Å²) in [6, 6.07) is 3.28. The molecule has 1 aliphatic carbocycles. The van der Waals surface area contributed by atoms with Gasteiger partial charge in [0, 0.05) is 25.1 Å². The molecule has 0 radical (unpaired) electrons. The smallest absolute Gasteiger partial charge is 0.381 e. The molecule has 1 amide bonds. The van der Waals surface area contributed by atoms with Gasteiger partial charge in [-0.25, -0.2) is 9.48 Å². The molecule has 3 aromatic heterocycles. The summed E-state index contributed by atoms with van der Waals surface area (Å²) in [5.74, 6) is -0.807. The van der Waals surface area contributed by atoms with Gasteiger partial charge in [0.05, 0.1) is 24.9 Å². The molecule has 2 atom stereocenters. The molecule has 12 heteroatoms. The molecule has 3 aromatic rings. The average molecular weight is 432 g/mol. The Kier molecular flexibility index (Phi) is 5.50. The molecule has 1 saturated carbocycles. The molecule has 0 bridgehead atoms. The van der Waals surface area contributed by atoms with Crippen LogP contribution in [0.5, 0.6) is 5.75 Å². The maximum absolute atomic E-state index is 12.7. The minimum Gasteiger partial charge on any atom is -0.488 e. The third-order valence-electron chi connectivity index (χ3n) is 4.84. The van der Waals surface area contributed by atoms with E-state index in [0.717, 1.165) is 29.9 Å². The third kappa shape index (κ3) is 3.78. The summed E-state index contributed by atoms with van der Waals surface area (Å²) in [6.45, 7) is 1.88. The normalized spacial score (nSPS) is 18.0. The summed E-state index contributed by atoms with van der Waals surface area (Å²) >= 11 is 1.14. The molecular weight excluding hydrogens is 412 g/mol. The summed E-state index contributed by atoms with van der Waals surface area (Å²) in [5.41, 5.74) is 0.494. The number of methoxy groups -OCH3 is 2. The van der Waals surface area contributed by atoms with Gasteiger partial charge < -0.3 is 19.2 Å². The van der Waals surface area contributed by atoms with Crippen LogP contribution in [0.25, 0.3) is 5.13 Å². The van der Waals surface area contributed by atoms with Crippen molar-refractivity contribution in [3.8, 4) is 10.9 Å². The number of aryl methyl sites for hydroxylation is 1. The number of nitrogens with zero attached hydrogens (tertiary/aromatic N) is 4. The molecule has 30 heavy (non-hydrogen) atoms. The fourth-order valence-corrected chi connectivity index (χ4v) is 3.85. The van der Waals surface area contributed by atoms with Crippen molar-refractivity contribution in [3.63, 3.8) is 0 Å². The standard InChI is InChI=1S/C18H20N6O5S/c1-9-6-7-19-24(9)18-23-22-17(30-18)21-15(25)13-8-11(14(28-3)16(26)29-13)20-10-4-5-12(10)27-2/h6-8,10,12,20H,4-5H2,1-3H3,(H,21,22,25)/t10-,12-/m1/s1. The molecule has 2 N–H and O–H groups in total. The van der Waals surface area contributed by atoms with Gasteiger partial charge in [-0.2, -0.15) is 5.10 Å². The molecule has 0 spiro atoms. The monoisotopic (exact) mass is 432 g/mol. The number of hydrogen-bond acceptors (Lipinski definition) is 10. The van der Waals surface area contributed by atoms with Crippen LogP contribution in [-0.2, 0) is 4.74 Å². The third-order valence-corrected chi connectivity index (χ3v) is 5.65. The first-order valence-electron chi connectivity index (χ1n) is 9.17. The predicted octanol–water partition coefficient (Wildman–Crippen LogP) is 1.84. The zero-order valence-corrected chi connectivity index (χ0v) is 17.4. The van der Waals surface area contributed by atoms with Crippen molar-refractivity contribution < 1.29 is 18.7 Å². The van der Waals surface area contributed by atoms with Crippen molar-refractivity contribution in [1.29, 1.82) is 0 Å². The number of nitrogens with one attached hydrogen (secondary N) is 2. The molecule has 0 saturated heterocycles. The Hall–Kier alpha value is -3.25. The van der Waals surface area contributed by atoms with Gasteiger partial charge in [-0.3, -0.25) is 10.1 Å². The average Bonchev–Trinajstić information content (AvgIpc) is 3.33. The number of anilines is 2. The minimum atomic E-state index is -0.758. The lowest BCUT2D eigenvalue weighted by Crippen LogP contribution is -2.44. The highest BCUT2D eigenvalue weighted by atomic mass is 32.1. The van der Waals surface area contributed by atoms with E-state index in [2.05, 4.69) is 25.9 Å². The van der Waals surface area contributed by atoms with Crippen LogP contribution in [0.2, 0.25) is 0 Å². The molecule has 4 rings (SSSR count). The van der Waals surface area contributed by atoms with Gasteiger partial charge in [-0.1, -0.05) is 11.3 Å². The van der Waals surface area contributed by atoms with E-state index in [0.29, 0.717) is 10.8 Å². The molecule has 3 heterocycles. The maximum atomic E-state index is 12.7. The van der Waals surface area contributed by atoms with E-state index in [9.17, 15) is 9.59 Å². The first-order valence-corrected chi connectivity index (χ1v) is 9.99. The van der Waals surface area contributed by atoms with E-state index in [-0.39, 0.29) is 28.8 Å². The second-order valence-electron chi connectivity index (χ2n) is 6.68. The second kappa shape index (κ2) is 8.24. The molecule has 158 valence electrons. The fraction of sp³-hybridized carbons (Fsp3) is 0.389. The van der Waals surface area contributed by atoms with Crippen molar-refractivity contribution in [2.45, 2.75) is 31.9 Å². The van der Waals surface area contributed by atoms with Crippen molar-refractivity contribution in [2.24, 2.45) is 0 Å². The molecular formula is C18H20N6O5S. The lowest BCUT2D eigenvalue weighted by molar-refractivity contribution is 0.0285. The Morgan fingerprint density at radius 1 is 1.33 bits per heavy atom. The molecule has 1 fully saturated rings. The summed E-state index contributed by atoms with van der Waals surface area (Å²) in [5, 5.41) is 18.7. The van der Waals surface area contributed by atoms with Crippen LogP contribution in [0.4, 0.5) is 10.8 Å². The van der Waals surface area contributed by atoms with Gasteiger partial charge in [0.25, 0.3) is 5.91 Å². The lowest BCUT2D eigenvalue weighted by Gasteiger charge is -2.36. The molecule has 0 unspecified atom stereocenters. The van der Waals surface area contributed by atoms with E-state index in [1.807, 2.05) is 13.0 Å². The zero-order chi connectivity index (χ0) is 21.3. The van der Waals surface area contributed by atoms with Gasteiger partial charge in [-0.15, -0.1) is 10.2 Å². The number of ether oxygens (including phenoxy) is 2. The van der Waals surface area contributed by atoms with E-state index < -0.39 is 11.5 Å². The van der Waals surface area contributed by atoms with Gasteiger partial charge in [0.2, 0.25) is 16.0 Å². The summed E-state index contributed by atoms with van der Waals surface area (Å²) in [7, 11) is 3.00. The topological polar surface area (TPSA) is 133 Å². The minimum absolute atomic E-state index is 0.000613. The number of rotatable bonds is 7. The van der Waals surface area contributed by atoms with Crippen LogP contribution >= 0.6 is 11.3 Å². The first-order chi connectivity index (χ1) is 14.5. The predicted molar refractivity (Wildman–Crippen MR) is 109 cm³/mol. The second-order valence-corrected chi connectivity index (χ2v) is 7.63. The fourth-order valence-electron chi connectivity index (χ4n) is 3.09. The largest absolute Gasteiger partial charge is 0.488 e. The molecule has 0 aromatic carbocycles. The van der Waals surface area contributed by atoms with E-state index in [4.69, 9.17) is 13.9 Å². The highest BCUT2D eigenvalue weighted by molar-refractivity contribution is 7.17. The number of aromatic nitrogens is 4. The van der Waals surface area contributed by atoms with Crippen molar-refractivity contribution in [3.05, 3.63) is 40.2 Å². The van der Waals surface area contributed by atoms with Crippen LogP contribution in [0.1, 0.15) is 29.1 Å². The Balaban J connectivity index is 1.55. The zero-order valence-electron chi connectivity index (χ0n) is 16.5. The summed E-state index contributed by atoms with van der Waals surface area (Å²) in [4.78, 5) is 25.0. The van der Waals surface area contributed by atoms with E-state index in [1.54, 1.807) is 18.0 Å². The Morgan fingerprint density at radius 3 is 2.80 bits per heavy atom. The first kappa shape index (κ1) is 20.0. The quantitative estimate of drug-likeness (QED) is 0.573. The molecule has 11 nitrogen and oxygen atoms in total. The van der Waals surface area contributed by atoms with Crippen LogP contribution < -0.4 is 21.0 Å². The van der Waals surface area contributed by atoms with E-state index >= 15 is 0 Å². The summed E-state index contributed by atoms with van der Waals surface area (Å²) < 4.78 is 17.3. The van der Waals surface area contributed by atoms with Crippen molar-refractivity contribution in [1.82, 2.24) is 20.0 Å². The number of hydrogen-bond donors (Lipinski definition) is 2. The Morgan fingerprint density at radius 2 is 2.17 bits per heavy atom. The molecule has 1 aliphatic rings. The van der Waals surface area contributed by atoms with Crippen LogP contribution in [0.3, 0.4) is 0 Å². The highest BCUT2D eigenvalue weighted by Crippen LogP contribution is 2.30. The summed E-state index contributed by atoms with van der Waals surface area (Å²) in [6.07, 6.45) is 3.47. The van der Waals surface area contributed by atoms with Gasteiger partial charge in [0.15, 0.2) is 5.76 Å². The number of carbonyl (C=O) groups is 1. The highest BCUT2D eigenvalue weighted by Gasteiger charge is 2.32. The Bertz CT molecular complexity index is 1120. The Labute approximate surface area is 175 Å². The van der Waals surface area contributed by atoms with Gasteiger partial charge in [-0.05, 0) is 25.8 Å². The van der Waals surface area contributed by atoms with Crippen LogP contribution in [0, 0.1) is 6.92 Å². The SMILES string of the molecule is COc1c(N[C@@H]2CC[C@H]2OC)cc(C(=O)Nc2nnc(-n3nccc3C)s2)oc1=O. The number of amides is 1. The van der Waals surface area contributed by atoms with Gasteiger partial charge >= 0.3 is 5.63 Å². The van der Waals surface area contributed by atoms with Crippen LogP contribution in [0.15, 0.2) is 27.5 Å². The maximum Gasteiger partial charge on any atom is 0.381 e. The van der Waals surface area contributed by atoms with Crippen molar-refractivity contribution >= 4 is 28.1 Å². The lowest BCUT2D eigenvalue weighted by atomic mass is 9.89. The van der Waals surface area contributed by atoms with Crippen molar-refractivity contribution in [2.75, 3.05) is 24.9 Å². The van der Waals surface area contributed by atoms with Gasteiger partial charge in [0.1, 0.15) is 0 Å².